The molecule has 2 rings (SSSR count). The van der Waals surface area contributed by atoms with Gasteiger partial charge in [-0.25, -0.2) is 0 Å². The number of carbonyl (C=O) groups is 2. The van der Waals surface area contributed by atoms with E-state index in [1.165, 1.54) is 12.5 Å². The standard InChI is InChI=1S/C26H34O6/c1-18(27)15-25(28)32-20(3)17-31-24-13-9-22(10-14-24)26(4,5)21-7-11-23(12-8-21)30-16-19(2)29-6/h7-14,19-20H,15-17H2,1-6H3. The van der Waals surface area contributed by atoms with Crippen molar-refractivity contribution in [2.24, 2.45) is 0 Å². The Morgan fingerprint density at radius 2 is 1.25 bits per heavy atom. The van der Waals surface area contributed by atoms with E-state index < -0.39 is 12.1 Å². The number of ether oxygens (including phenoxy) is 4. The molecule has 0 amide bonds. The summed E-state index contributed by atoms with van der Waals surface area (Å²) in [7, 11) is 1.67. The number of methoxy groups -OCH3 is 1. The van der Waals surface area contributed by atoms with E-state index in [1.54, 1.807) is 14.0 Å². The molecule has 2 atom stereocenters. The highest BCUT2D eigenvalue weighted by atomic mass is 16.6. The summed E-state index contributed by atoms with van der Waals surface area (Å²) < 4.78 is 21.8. The summed E-state index contributed by atoms with van der Waals surface area (Å²) in [5, 5.41) is 0. The highest BCUT2D eigenvalue weighted by Crippen LogP contribution is 2.33. The second kappa shape index (κ2) is 11.7. The largest absolute Gasteiger partial charge is 0.491 e. The molecule has 0 fully saturated rings. The van der Waals surface area contributed by atoms with Crippen molar-refractivity contribution in [3.8, 4) is 11.5 Å². The quantitative estimate of drug-likeness (QED) is 0.350. The lowest BCUT2D eigenvalue weighted by atomic mass is 9.78. The first-order valence-electron chi connectivity index (χ1n) is 10.8. The van der Waals surface area contributed by atoms with Gasteiger partial charge in [0.15, 0.2) is 0 Å². The fraction of sp³-hybridized carbons (Fsp3) is 0.462. The van der Waals surface area contributed by atoms with Gasteiger partial charge in [0.1, 0.15) is 43.0 Å². The van der Waals surface area contributed by atoms with Gasteiger partial charge in [0.2, 0.25) is 0 Å². The average molecular weight is 443 g/mol. The molecule has 2 aromatic carbocycles. The zero-order valence-electron chi connectivity index (χ0n) is 19.8. The SMILES string of the molecule is COC(C)COc1ccc(C(C)(C)c2ccc(OCC(C)OC(=O)CC(C)=O)cc2)cc1. The highest BCUT2D eigenvalue weighted by molar-refractivity contribution is 5.94. The molecule has 2 unspecified atom stereocenters. The van der Waals surface area contributed by atoms with Gasteiger partial charge in [-0.3, -0.25) is 9.59 Å². The maximum absolute atomic E-state index is 11.6. The molecule has 0 aromatic heterocycles. The first-order valence-corrected chi connectivity index (χ1v) is 10.8. The second-order valence-electron chi connectivity index (χ2n) is 8.52. The Labute approximate surface area is 190 Å². The van der Waals surface area contributed by atoms with Crippen LogP contribution >= 0.6 is 0 Å². The molecule has 0 bridgehead atoms. The van der Waals surface area contributed by atoms with E-state index in [9.17, 15) is 9.59 Å². The molecule has 6 heteroatoms. The minimum absolute atomic E-state index is 0.0439. The summed E-state index contributed by atoms with van der Waals surface area (Å²) in [5.41, 5.74) is 2.11. The lowest BCUT2D eigenvalue weighted by Crippen LogP contribution is -2.23. The fourth-order valence-corrected chi connectivity index (χ4v) is 3.10. The van der Waals surface area contributed by atoms with Gasteiger partial charge in [-0.2, -0.15) is 0 Å². The van der Waals surface area contributed by atoms with E-state index in [-0.39, 0.29) is 30.3 Å². The van der Waals surface area contributed by atoms with Crippen LogP contribution in [0.1, 0.15) is 52.2 Å². The zero-order chi connectivity index (χ0) is 23.7. The van der Waals surface area contributed by atoms with Gasteiger partial charge < -0.3 is 18.9 Å². The number of hydrogen-bond acceptors (Lipinski definition) is 6. The third-order valence-corrected chi connectivity index (χ3v) is 5.25. The van der Waals surface area contributed by atoms with E-state index >= 15 is 0 Å². The van der Waals surface area contributed by atoms with Gasteiger partial charge in [-0.1, -0.05) is 38.1 Å². The Hall–Kier alpha value is -2.86. The van der Waals surface area contributed by atoms with Crippen molar-refractivity contribution in [3.05, 3.63) is 59.7 Å². The number of Topliss-reactive ketones (excluding diaryl/α,β-unsaturated/α-hetero) is 1. The van der Waals surface area contributed by atoms with E-state index in [4.69, 9.17) is 18.9 Å². The molecular formula is C26H34O6. The first-order chi connectivity index (χ1) is 15.1. The Bertz CT molecular complexity index is 870. The van der Waals surface area contributed by atoms with Crippen LogP contribution in [0.25, 0.3) is 0 Å². The fourth-order valence-electron chi connectivity index (χ4n) is 3.10. The topological polar surface area (TPSA) is 71.1 Å². The maximum atomic E-state index is 11.6. The van der Waals surface area contributed by atoms with Crippen LogP contribution in [0.4, 0.5) is 0 Å². The lowest BCUT2D eigenvalue weighted by molar-refractivity contribution is -0.151. The molecule has 32 heavy (non-hydrogen) atoms. The molecule has 0 heterocycles. The zero-order valence-corrected chi connectivity index (χ0v) is 19.8. The number of rotatable bonds is 12. The Morgan fingerprint density at radius 1 is 0.812 bits per heavy atom. The van der Waals surface area contributed by atoms with E-state index in [0.717, 1.165) is 11.3 Å². The molecule has 174 valence electrons. The number of ketones is 1. The van der Waals surface area contributed by atoms with Gasteiger partial charge in [-0.05, 0) is 56.2 Å². The van der Waals surface area contributed by atoms with Crippen LogP contribution < -0.4 is 9.47 Å². The maximum Gasteiger partial charge on any atom is 0.313 e. The third-order valence-electron chi connectivity index (χ3n) is 5.25. The predicted octanol–water partition coefficient (Wildman–Crippen LogP) is 4.72. The van der Waals surface area contributed by atoms with Crippen molar-refractivity contribution in [2.75, 3.05) is 20.3 Å². The third kappa shape index (κ3) is 7.68. The number of carbonyl (C=O) groups excluding carboxylic acids is 2. The molecule has 0 aliphatic carbocycles. The van der Waals surface area contributed by atoms with Gasteiger partial charge in [0, 0.05) is 12.5 Å². The van der Waals surface area contributed by atoms with E-state index in [0.29, 0.717) is 12.4 Å². The van der Waals surface area contributed by atoms with Crippen molar-refractivity contribution >= 4 is 11.8 Å². The number of hydrogen-bond donors (Lipinski definition) is 0. The smallest absolute Gasteiger partial charge is 0.313 e. The molecule has 2 aromatic rings. The predicted molar refractivity (Wildman–Crippen MR) is 123 cm³/mol. The Balaban J connectivity index is 1.94. The summed E-state index contributed by atoms with van der Waals surface area (Å²) in [6.07, 6.45) is -0.610. The molecule has 0 aliphatic heterocycles. The molecular weight excluding hydrogens is 408 g/mol. The van der Waals surface area contributed by atoms with Crippen molar-refractivity contribution in [2.45, 2.75) is 58.7 Å². The van der Waals surface area contributed by atoms with Crippen molar-refractivity contribution in [1.82, 2.24) is 0 Å². The van der Waals surface area contributed by atoms with Crippen LogP contribution in [0.15, 0.2) is 48.5 Å². The second-order valence-corrected chi connectivity index (χ2v) is 8.52. The number of esters is 1. The molecule has 0 N–H and O–H groups in total. The van der Waals surface area contributed by atoms with Crippen LogP contribution in [-0.2, 0) is 24.5 Å². The molecule has 0 saturated heterocycles. The molecule has 0 saturated carbocycles. The van der Waals surface area contributed by atoms with E-state index in [1.807, 2.05) is 43.3 Å². The minimum Gasteiger partial charge on any atom is -0.491 e. The summed E-state index contributed by atoms with van der Waals surface area (Å²) in [6.45, 7) is 10.1. The van der Waals surface area contributed by atoms with Gasteiger partial charge in [0.25, 0.3) is 0 Å². The van der Waals surface area contributed by atoms with Crippen LogP contribution in [0, 0.1) is 0 Å². The van der Waals surface area contributed by atoms with Crippen LogP contribution in [0.5, 0.6) is 11.5 Å². The van der Waals surface area contributed by atoms with Crippen molar-refractivity contribution in [1.29, 1.82) is 0 Å². The van der Waals surface area contributed by atoms with Crippen LogP contribution in [-0.4, -0.2) is 44.3 Å². The minimum atomic E-state index is -0.532. The van der Waals surface area contributed by atoms with Crippen molar-refractivity contribution in [3.63, 3.8) is 0 Å². The average Bonchev–Trinajstić information content (AvgIpc) is 2.76. The monoisotopic (exact) mass is 442 g/mol. The normalized spacial score (nSPS) is 13.2. The van der Waals surface area contributed by atoms with Gasteiger partial charge in [-0.15, -0.1) is 0 Å². The van der Waals surface area contributed by atoms with E-state index in [2.05, 4.69) is 26.0 Å². The van der Waals surface area contributed by atoms with Crippen molar-refractivity contribution < 1.29 is 28.5 Å². The molecule has 0 spiro atoms. The van der Waals surface area contributed by atoms with Crippen LogP contribution in [0.2, 0.25) is 0 Å². The summed E-state index contributed by atoms with van der Waals surface area (Å²) in [5.74, 6) is 0.754. The summed E-state index contributed by atoms with van der Waals surface area (Å²) in [4.78, 5) is 22.5. The first kappa shape index (κ1) is 25.4. The van der Waals surface area contributed by atoms with Gasteiger partial charge >= 0.3 is 5.97 Å². The highest BCUT2D eigenvalue weighted by Gasteiger charge is 2.23. The molecule has 6 nitrogen and oxygen atoms in total. The summed E-state index contributed by atoms with van der Waals surface area (Å²) in [6, 6.07) is 16.0. The van der Waals surface area contributed by atoms with Crippen LogP contribution in [0.3, 0.4) is 0 Å². The summed E-state index contributed by atoms with van der Waals surface area (Å²) >= 11 is 0. The lowest BCUT2D eigenvalue weighted by Gasteiger charge is -2.26. The number of benzene rings is 2. The molecule has 0 radical (unpaired) electrons. The molecule has 0 aliphatic rings. The Morgan fingerprint density at radius 3 is 1.66 bits per heavy atom. The van der Waals surface area contributed by atoms with Gasteiger partial charge in [0.05, 0.1) is 6.10 Å². The Kier molecular flexibility index (Phi) is 9.27.